The fourth-order valence-corrected chi connectivity index (χ4v) is 3.02. The molecular weight excluding hydrogens is 322 g/mol. The van der Waals surface area contributed by atoms with Crippen LogP contribution in [0, 0.1) is 0 Å². The molecule has 1 saturated heterocycles. The number of hydrogen-bond donors (Lipinski definition) is 2. The molecule has 1 aliphatic heterocycles. The lowest BCUT2D eigenvalue weighted by Gasteiger charge is -2.33. The third-order valence-corrected chi connectivity index (χ3v) is 4.29. The van der Waals surface area contributed by atoms with E-state index in [2.05, 4.69) is 17.4 Å². The number of benzene rings is 2. The zero-order valence-corrected chi connectivity index (χ0v) is 14.5. The lowest BCUT2D eigenvalue weighted by Crippen LogP contribution is -2.45. The maximum absolute atomic E-state index is 12.7. The summed E-state index contributed by atoms with van der Waals surface area (Å²) in [5.41, 5.74) is 8.50. The van der Waals surface area contributed by atoms with Gasteiger partial charge in [-0.25, -0.2) is 0 Å². The third kappa shape index (κ3) is 4.49. The van der Waals surface area contributed by atoms with Crippen LogP contribution in [0.3, 0.4) is 0 Å². The van der Waals surface area contributed by atoms with Crippen LogP contribution >= 0.6 is 12.4 Å². The zero-order chi connectivity index (χ0) is 16.1. The van der Waals surface area contributed by atoms with Crippen molar-refractivity contribution < 1.29 is 4.79 Å². The summed E-state index contributed by atoms with van der Waals surface area (Å²) < 4.78 is 0. The number of carbonyl (C=O) groups is 1. The summed E-state index contributed by atoms with van der Waals surface area (Å²) in [6.07, 6.45) is 2.11. The van der Waals surface area contributed by atoms with Gasteiger partial charge in [0.25, 0.3) is 5.91 Å². The molecule has 1 aliphatic rings. The molecule has 2 aromatic rings. The predicted molar refractivity (Wildman–Crippen MR) is 101 cm³/mol. The van der Waals surface area contributed by atoms with E-state index < -0.39 is 0 Å². The fourth-order valence-electron chi connectivity index (χ4n) is 3.02. The number of piperidine rings is 1. The smallest absolute Gasteiger partial charge is 0.253 e. The zero-order valence-electron chi connectivity index (χ0n) is 13.7. The molecule has 1 unspecified atom stereocenters. The Morgan fingerprint density at radius 2 is 1.83 bits per heavy atom. The van der Waals surface area contributed by atoms with Gasteiger partial charge in [-0.05, 0) is 42.7 Å². The van der Waals surface area contributed by atoms with Crippen LogP contribution in [-0.2, 0) is 6.54 Å². The molecule has 128 valence electrons. The van der Waals surface area contributed by atoms with E-state index in [-0.39, 0.29) is 18.3 Å². The Bertz CT molecular complexity index is 645. The highest BCUT2D eigenvalue weighted by Crippen LogP contribution is 2.18. The van der Waals surface area contributed by atoms with E-state index >= 15 is 0 Å². The number of nitrogens with one attached hydrogen (secondary N) is 1. The van der Waals surface area contributed by atoms with Crippen molar-refractivity contribution in [1.29, 1.82) is 0 Å². The lowest BCUT2D eigenvalue weighted by molar-refractivity contribution is 0.0715. The monoisotopic (exact) mass is 345 g/mol. The first kappa shape index (κ1) is 18.3. The minimum atomic E-state index is 0. The Balaban J connectivity index is 0.00000208. The first-order chi connectivity index (χ1) is 11.3. The fraction of sp³-hybridized carbons (Fsp3) is 0.316. The summed E-state index contributed by atoms with van der Waals surface area (Å²) in [5, 5.41) is 3.52. The summed E-state index contributed by atoms with van der Waals surface area (Å²) in [6, 6.07) is 18.1. The van der Waals surface area contributed by atoms with Gasteiger partial charge >= 0.3 is 0 Å². The van der Waals surface area contributed by atoms with E-state index in [4.69, 9.17) is 5.73 Å². The normalized spacial score (nSPS) is 17.0. The Kier molecular flexibility index (Phi) is 6.64. The number of likely N-dealkylation sites (tertiary alicyclic amines) is 1. The van der Waals surface area contributed by atoms with Crippen molar-refractivity contribution in [3.63, 3.8) is 0 Å². The highest BCUT2D eigenvalue weighted by Gasteiger charge is 2.24. The van der Waals surface area contributed by atoms with Crippen LogP contribution in [0.2, 0.25) is 0 Å². The molecule has 1 fully saturated rings. The van der Waals surface area contributed by atoms with Crippen LogP contribution in [0.5, 0.6) is 0 Å². The highest BCUT2D eigenvalue weighted by molar-refractivity contribution is 5.94. The molecule has 0 aromatic heterocycles. The molecule has 24 heavy (non-hydrogen) atoms. The number of hydrogen-bond acceptors (Lipinski definition) is 3. The van der Waals surface area contributed by atoms with E-state index in [0.717, 1.165) is 42.7 Å². The number of anilines is 1. The van der Waals surface area contributed by atoms with Crippen molar-refractivity contribution in [1.82, 2.24) is 4.90 Å². The van der Waals surface area contributed by atoms with E-state index in [1.807, 2.05) is 47.4 Å². The van der Waals surface area contributed by atoms with E-state index in [1.165, 1.54) is 0 Å². The SMILES string of the molecule is Cl.NCc1ccc(C(=O)N2CCCC(Nc3ccccc3)C2)cc1. The van der Waals surface area contributed by atoms with E-state index in [9.17, 15) is 4.79 Å². The topological polar surface area (TPSA) is 58.4 Å². The minimum absolute atomic E-state index is 0. The van der Waals surface area contributed by atoms with Crippen molar-refractivity contribution >= 4 is 24.0 Å². The Hall–Kier alpha value is -2.04. The summed E-state index contributed by atoms with van der Waals surface area (Å²) in [5.74, 6) is 0.105. The molecule has 0 aliphatic carbocycles. The van der Waals surface area contributed by atoms with Gasteiger partial charge in [-0.15, -0.1) is 12.4 Å². The number of nitrogens with two attached hydrogens (primary N) is 1. The van der Waals surface area contributed by atoms with Crippen molar-refractivity contribution in [2.45, 2.75) is 25.4 Å². The van der Waals surface area contributed by atoms with Gasteiger partial charge in [0.15, 0.2) is 0 Å². The molecule has 1 heterocycles. The second-order valence-electron chi connectivity index (χ2n) is 6.00. The van der Waals surface area contributed by atoms with Gasteiger partial charge in [0, 0.05) is 36.9 Å². The Morgan fingerprint density at radius 1 is 1.12 bits per heavy atom. The van der Waals surface area contributed by atoms with Crippen molar-refractivity contribution in [2.24, 2.45) is 5.73 Å². The molecular formula is C19H24ClN3O. The average Bonchev–Trinajstić information content (AvgIpc) is 2.62. The number of rotatable bonds is 4. The molecule has 3 rings (SSSR count). The quantitative estimate of drug-likeness (QED) is 0.894. The van der Waals surface area contributed by atoms with Crippen molar-refractivity contribution in [2.75, 3.05) is 18.4 Å². The predicted octanol–water partition coefficient (Wildman–Crippen LogP) is 3.28. The van der Waals surface area contributed by atoms with Gasteiger partial charge in [-0.2, -0.15) is 0 Å². The maximum Gasteiger partial charge on any atom is 0.253 e. The molecule has 2 aromatic carbocycles. The molecule has 0 saturated carbocycles. The maximum atomic E-state index is 12.7. The van der Waals surface area contributed by atoms with Gasteiger partial charge in [0.2, 0.25) is 0 Å². The minimum Gasteiger partial charge on any atom is -0.381 e. The molecule has 0 bridgehead atoms. The van der Waals surface area contributed by atoms with Gasteiger partial charge in [0.05, 0.1) is 0 Å². The molecule has 0 radical (unpaired) electrons. The third-order valence-electron chi connectivity index (χ3n) is 4.29. The summed E-state index contributed by atoms with van der Waals surface area (Å²) >= 11 is 0. The number of para-hydroxylation sites is 1. The standard InChI is InChI=1S/C19H23N3O.ClH/c20-13-15-8-10-16(11-9-15)19(23)22-12-4-7-18(14-22)21-17-5-2-1-3-6-17;/h1-3,5-6,8-11,18,21H,4,7,12-14,20H2;1H. The number of halogens is 1. The van der Waals surface area contributed by atoms with Crippen LogP contribution in [0.1, 0.15) is 28.8 Å². The van der Waals surface area contributed by atoms with Gasteiger partial charge in [0.1, 0.15) is 0 Å². The van der Waals surface area contributed by atoms with Crippen LogP contribution in [0.25, 0.3) is 0 Å². The van der Waals surface area contributed by atoms with Crippen LogP contribution in [0.4, 0.5) is 5.69 Å². The molecule has 1 atom stereocenters. The van der Waals surface area contributed by atoms with Crippen molar-refractivity contribution in [3.05, 3.63) is 65.7 Å². The van der Waals surface area contributed by atoms with E-state index in [0.29, 0.717) is 12.6 Å². The van der Waals surface area contributed by atoms with Crippen LogP contribution in [0.15, 0.2) is 54.6 Å². The van der Waals surface area contributed by atoms with Crippen LogP contribution < -0.4 is 11.1 Å². The summed E-state index contributed by atoms with van der Waals surface area (Å²) in [4.78, 5) is 14.6. The Morgan fingerprint density at radius 3 is 2.50 bits per heavy atom. The van der Waals surface area contributed by atoms with Crippen LogP contribution in [-0.4, -0.2) is 29.9 Å². The average molecular weight is 346 g/mol. The molecule has 1 amide bonds. The summed E-state index contributed by atoms with van der Waals surface area (Å²) in [7, 11) is 0. The highest BCUT2D eigenvalue weighted by atomic mass is 35.5. The Labute approximate surface area is 149 Å². The number of amides is 1. The largest absolute Gasteiger partial charge is 0.381 e. The van der Waals surface area contributed by atoms with E-state index in [1.54, 1.807) is 0 Å². The first-order valence-corrected chi connectivity index (χ1v) is 8.16. The first-order valence-electron chi connectivity index (χ1n) is 8.16. The van der Waals surface area contributed by atoms with Gasteiger partial charge < -0.3 is 16.0 Å². The number of carbonyl (C=O) groups excluding carboxylic acids is 1. The van der Waals surface area contributed by atoms with Crippen molar-refractivity contribution in [3.8, 4) is 0 Å². The lowest BCUT2D eigenvalue weighted by atomic mass is 10.0. The second-order valence-corrected chi connectivity index (χ2v) is 6.00. The molecule has 0 spiro atoms. The molecule has 5 heteroatoms. The van der Waals surface area contributed by atoms with Gasteiger partial charge in [-0.1, -0.05) is 30.3 Å². The van der Waals surface area contributed by atoms with Gasteiger partial charge in [-0.3, -0.25) is 4.79 Å². The second kappa shape index (κ2) is 8.71. The molecule has 3 N–H and O–H groups in total. The number of nitrogens with zero attached hydrogens (tertiary/aromatic N) is 1. The molecule has 4 nitrogen and oxygen atoms in total. The summed E-state index contributed by atoms with van der Waals surface area (Å²) in [6.45, 7) is 2.07.